The summed E-state index contributed by atoms with van der Waals surface area (Å²) in [6, 6.07) is 5.19. The molecule has 0 aliphatic carbocycles. The molecule has 122 valence electrons. The van der Waals surface area contributed by atoms with Gasteiger partial charge in [0.1, 0.15) is 0 Å². The first-order valence-corrected chi connectivity index (χ1v) is 7.22. The average molecular weight is 309 g/mol. The van der Waals surface area contributed by atoms with Crippen LogP contribution in [-0.4, -0.2) is 37.2 Å². The second kappa shape index (κ2) is 8.92. The predicted molar refractivity (Wildman–Crippen MR) is 82.3 cm³/mol. The molecule has 22 heavy (non-hydrogen) atoms. The molecule has 1 aromatic rings. The van der Waals surface area contributed by atoms with Crippen molar-refractivity contribution < 1.29 is 24.2 Å². The summed E-state index contributed by atoms with van der Waals surface area (Å²) < 4.78 is 10.4. The highest BCUT2D eigenvalue weighted by atomic mass is 16.5. The maximum absolute atomic E-state index is 11.9. The van der Waals surface area contributed by atoms with Crippen molar-refractivity contribution in [1.82, 2.24) is 5.32 Å². The van der Waals surface area contributed by atoms with Gasteiger partial charge < -0.3 is 19.9 Å². The van der Waals surface area contributed by atoms with Crippen LogP contribution in [0.15, 0.2) is 18.2 Å². The van der Waals surface area contributed by atoms with E-state index in [1.807, 2.05) is 19.1 Å². The third kappa shape index (κ3) is 5.63. The second-order valence-corrected chi connectivity index (χ2v) is 4.96. The quantitative estimate of drug-likeness (QED) is 0.729. The van der Waals surface area contributed by atoms with Gasteiger partial charge in [-0.2, -0.15) is 0 Å². The molecule has 6 nitrogen and oxygen atoms in total. The normalized spacial score (nSPS) is 11.6. The van der Waals surface area contributed by atoms with E-state index in [1.165, 1.54) is 0 Å². The van der Waals surface area contributed by atoms with Crippen molar-refractivity contribution in [2.75, 3.05) is 14.2 Å². The van der Waals surface area contributed by atoms with Gasteiger partial charge in [0.15, 0.2) is 11.5 Å². The Morgan fingerprint density at radius 2 is 1.91 bits per heavy atom. The van der Waals surface area contributed by atoms with Crippen molar-refractivity contribution in [1.29, 1.82) is 0 Å². The van der Waals surface area contributed by atoms with Crippen molar-refractivity contribution in [3.63, 3.8) is 0 Å². The molecule has 0 saturated carbocycles. The Kier molecular flexibility index (Phi) is 7.22. The third-order valence-electron chi connectivity index (χ3n) is 3.37. The van der Waals surface area contributed by atoms with Crippen molar-refractivity contribution in [2.24, 2.45) is 0 Å². The number of aliphatic carboxylic acids is 1. The number of benzene rings is 1. The van der Waals surface area contributed by atoms with Crippen LogP contribution in [0, 0.1) is 0 Å². The summed E-state index contributed by atoms with van der Waals surface area (Å²) in [7, 11) is 3.13. The van der Waals surface area contributed by atoms with Crippen LogP contribution in [0.5, 0.6) is 11.5 Å². The molecule has 0 spiro atoms. The van der Waals surface area contributed by atoms with Gasteiger partial charge in [0.05, 0.1) is 20.6 Å². The predicted octanol–water partition coefficient (Wildman–Crippen LogP) is 2.01. The minimum atomic E-state index is -0.910. The number of carbonyl (C=O) groups excluding carboxylic acids is 1. The van der Waals surface area contributed by atoms with Gasteiger partial charge in [0.25, 0.3) is 0 Å². The fourth-order valence-corrected chi connectivity index (χ4v) is 2.10. The molecule has 1 aromatic carbocycles. The molecule has 0 aliphatic heterocycles. The van der Waals surface area contributed by atoms with Gasteiger partial charge in [-0.05, 0) is 30.5 Å². The monoisotopic (exact) mass is 309 g/mol. The number of hydrogen-bond donors (Lipinski definition) is 2. The molecule has 1 amide bonds. The highest BCUT2D eigenvalue weighted by Crippen LogP contribution is 2.27. The number of nitrogens with one attached hydrogen (secondary N) is 1. The van der Waals surface area contributed by atoms with E-state index in [-0.39, 0.29) is 18.4 Å². The molecule has 0 radical (unpaired) electrons. The largest absolute Gasteiger partial charge is 0.493 e. The lowest BCUT2D eigenvalue weighted by molar-refractivity contribution is -0.137. The van der Waals surface area contributed by atoms with E-state index >= 15 is 0 Å². The van der Waals surface area contributed by atoms with Crippen LogP contribution in [0.3, 0.4) is 0 Å². The van der Waals surface area contributed by atoms with Crippen LogP contribution in [0.1, 0.15) is 31.7 Å². The first kappa shape index (κ1) is 17.8. The Bertz CT molecular complexity index is 515. The van der Waals surface area contributed by atoms with E-state index in [9.17, 15) is 9.59 Å². The number of methoxy groups -OCH3 is 2. The molecule has 6 heteroatoms. The molecule has 0 aromatic heterocycles. The topological polar surface area (TPSA) is 84.9 Å². The number of carbonyl (C=O) groups is 2. The van der Waals surface area contributed by atoms with Crippen LogP contribution < -0.4 is 14.8 Å². The van der Waals surface area contributed by atoms with Gasteiger partial charge in [0.2, 0.25) is 5.91 Å². The highest BCUT2D eigenvalue weighted by molar-refractivity contribution is 5.77. The van der Waals surface area contributed by atoms with Gasteiger partial charge in [-0.1, -0.05) is 13.0 Å². The number of carboxylic acids is 1. The molecule has 2 N–H and O–H groups in total. The molecule has 0 bridgehead atoms. The maximum atomic E-state index is 11.9. The molecular formula is C16H23NO5. The summed E-state index contributed by atoms with van der Waals surface area (Å²) in [5, 5.41) is 11.5. The fraction of sp³-hybridized carbons (Fsp3) is 0.500. The van der Waals surface area contributed by atoms with Crippen molar-refractivity contribution in [2.45, 2.75) is 38.6 Å². The van der Waals surface area contributed by atoms with Crippen molar-refractivity contribution >= 4 is 11.9 Å². The van der Waals surface area contributed by atoms with E-state index in [0.717, 1.165) is 5.56 Å². The number of aryl methyl sites for hydroxylation is 1. The van der Waals surface area contributed by atoms with Gasteiger partial charge in [0, 0.05) is 12.5 Å². The van der Waals surface area contributed by atoms with E-state index in [0.29, 0.717) is 30.8 Å². The molecule has 0 saturated heterocycles. The number of carboxylic acid groups (broad SMARTS) is 1. The summed E-state index contributed by atoms with van der Waals surface area (Å²) in [5.74, 6) is 0.204. The lowest BCUT2D eigenvalue weighted by atomic mass is 10.1. The fourth-order valence-electron chi connectivity index (χ4n) is 2.10. The average Bonchev–Trinajstić information content (AvgIpc) is 2.51. The van der Waals surface area contributed by atoms with E-state index < -0.39 is 5.97 Å². The van der Waals surface area contributed by atoms with Crippen LogP contribution in [-0.2, 0) is 16.0 Å². The molecule has 0 fully saturated rings. The van der Waals surface area contributed by atoms with Gasteiger partial charge >= 0.3 is 5.97 Å². The number of amides is 1. The van der Waals surface area contributed by atoms with Crippen LogP contribution >= 0.6 is 0 Å². The molecular weight excluding hydrogens is 286 g/mol. The summed E-state index contributed by atoms with van der Waals surface area (Å²) in [6.07, 6.45) is 1.38. The first-order valence-electron chi connectivity index (χ1n) is 7.22. The molecule has 0 heterocycles. The van der Waals surface area contributed by atoms with Crippen LogP contribution in [0.4, 0.5) is 0 Å². The van der Waals surface area contributed by atoms with Crippen LogP contribution in [0.25, 0.3) is 0 Å². The Morgan fingerprint density at radius 1 is 1.23 bits per heavy atom. The van der Waals surface area contributed by atoms with Crippen molar-refractivity contribution in [3.8, 4) is 11.5 Å². The van der Waals surface area contributed by atoms with Crippen molar-refractivity contribution in [3.05, 3.63) is 23.8 Å². The number of hydrogen-bond acceptors (Lipinski definition) is 4. The molecule has 1 unspecified atom stereocenters. The lowest BCUT2D eigenvalue weighted by Crippen LogP contribution is -2.36. The second-order valence-electron chi connectivity index (χ2n) is 4.96. The molecule has 1 atom stereocenters. The van der Waals surface area contributed by atoms with Gasteiger partial charge in [-0.3, -0.25) is 9.59 Å². The van der Waals surface area contributed by atoms with Gasteiger partial charge in [-0.25, -0.2) is 0 Å². The van der Waals surface area contributed by atoms with Gasteiger partial charge in [-0.15, -0.1) is 0 Å². The Hall–Kier alpha value is -2.24. The standard InChI is InChI=1S/C16H23NO5/c1-4-12(10-16(19)20)17-15(18)8-6-11-5-7-13(21-2)14(9-11)22-3/h5,7,9,12H,4,6,8,10H2,1-3H3,(H,17,18)(H,19,20). The Balaban J connectivity index is 2.54. The number of ether oxygens (including phenoxy) is 2. The summed E-state index contributed by atoms with van der Waals surface area (Å²) in [4.78, 5) is 22.6. The summed E-state index contributed by atoms with van der Waals surface area (Å²) in [5.41, 5.74) is 0.957. The third-order valence-corrected chi connectivity index (χ3v) is 3.37. The zero-order chi connectivity index (χ0) is 16.5. The summed E-state index contributed by atoms with van der Waals surface area (Å²) >= 11 is 0. The maximum Gasteiger partial charge on any atom is 0.305 e. The Morgan fingerprint density at radius 3 is 2.45 bits per heavy atom. The zero-order valence-electron chi connectivity index (χ0n) is 13.2. The van der Waals surface area contributed by atoms with E-state index in [1.54, 1.807) is 20.3 Å². The lowest BCUT2D eigenvalue weighted by Gasteiger charge is -2.15. The smallest absolute Gasteiger partial charge is 0.305 e. The first-order chi connectivity index (χ1) is 10.5. The highest BCUT2D eigenvalue weighted by Gasteiger charge is 2.14. The summed E-state index contributed by atoms with van der Waals surface area (Å²) in [6.45, 7) is 1.85. The number of rotatable bonds is 9. The zero-order valence-corrected chi connectivity index (χ0v) is 13.2. The van der Waals surface area contributed by atoms with E-state index in [4.69, 9.17) is 14.6 Å². The molecule has 0 aliphatic rings. The van der Waals surface area contributed by atoms with E-state index in [2.05, 4.69) is 5.32 Å². The van der Waals surface area contributed by atoms with Crippen LogP contribution in [0.2, 0.25) is 0 Å². The SMILES string of the molecule is CCC(CC(=O)O)NC(=O)CCc1ccc(OC)c(OC)c1. The minimum absolute atomic E-state index is 0.0569. The minimum Gasteiger partial charge on any atom is -0.493 e. The molecule has 1 rings (SSSR count). The Labute approximate surface area is 130 Å².